The predicted octanol–water partition coefficient (Wildman–Crippen LogP) is 1.66. The third kappa shape index (κ3) is 3.45. The molecule has 0 aromatic heterocycles. The summed E-state index contributed by atoms with van der Waals surface area (Å²) in [5.41, 5.74) is 1.21. The molecule has 1 N–H and O–H groups in total. The number of hydrogen-bond donors (Lipinski definition) is 1. The summed E-state index contributed by atoms with van der Waals surface area (Å²) in [6, 6.07) is 6.89. The van der Waals surface area contributed by atoms with Crippen molar-refractivity contribution in [3.05, 3.63) is 29.8 Å². The van der Waals surface area contributed by atoms with Gasteiger partial charge in [0.2, 0.25) is 5.91 Å². The van der Waals surface area contributed by atoms with Crippen molar-refractivity contribution >= 4 is 23.5 Å². The van der Waals surface area contributed by atoms with Gasteiger partial charge in [-0.1, -0.05) is 0 Å². The highest BCUT2D eigenvalue weighted by Crippen LogP contribution is 2.52. The molecule has 0 unspecified atom stereocenters. The Bertz CT molecular complexity index is 739. The van der Waals surface area contributed by atoms with E-state index in [2.05, 4.69) is 5.32 Å². The number of rotatable bonds is 4. The molecule has 1 aliphatic heterocycles. The van der Waals surface area contributed by atoms with Crippen LogP contribution in [0.25, 0.3) is 0 Å². The Kier molecular flexibility index (Phi) is 4.89. The molecule has 1 aromatic carbocycles. The highest BCUT2D eigenvalue weighted by Gasteiger charge is 2.51. The van der Waals surface area contributed by atoms with Crippen LogP contribution < -0.4 is 10.4 Å². The van der Waals surface area contributed by atoms with Crippen LogP contribution in [0.2, 0.25) is 0 Å². The molecular weight excluding hydrogens is 344 g/mol. The molecule has 0 radical (unpaired) electrons. The molecule has 6 nitrogen and oxygen atoms in total. The number of carbonyl (C=O) groups excluding carboxylic acids is 3. The molecule has 1 heterocycles. The largest absolute Gasteiger partial charge is 0.550 e. The average Bonchev–Trinajstić information content (AvgIpc) is 3.30. The number of carboxylic acids is 1. The maximum atomic E-state index is 12.7. The number of aliphatic carboxylic acids is 1. The molecule has 1 aromatic rings. The Labute approximate surface area is 158 Å². The number of amides is 2. The normalized spacial score (nSPS) is 29.6. The fourth-order valence-corrected chi connectivity index (χ4v) is 5.21. The first-order chi connectivity index (χ1) is 13.0. The zero-order valence-corrected chi connectivity index (χ0v) is 15.4. The van der Waals surface area contributed by atoms with Crippen molar-refractivity contribution in [2.45, 2.75) is 38.5 Å². The van der Waals surface area contributed by atoms with Crippen LogP contribution in [-0.4, -0.2) is 35.8 Å². The van der Waals surface area contributed by atoms with E-state index in [1.165, 1.54) is 6.42 Å². The number of nitrogens with zero attached hydrogens (tertiary/aromatic N) is 1. The predicted molar refractivity (Wildman–Crippen MR) is 97.6 cm³/mol. The third-order valence-corrected chi connectivity index (χ3v) is 6.53. The second-order valence-corrected chi connectivity index (χ2v) is 8.12. The number of carbonyl (C=O) groups is 3. The number of carboxylic acid groups (broad SMARTS) is 1. The Morgan fingerprint density at radius 1 is 0.926 bits per heavy atom. The minimum absolute atomic E-state index is 0.0256. The summed E-state index contributed by atoms with van der Waals surface area (Å²) in [6.07, 6.45) is 5.85. The molecule has 3 aliphatic rings. The summed E-state index contributed by atoms with van der Waals surface area (Å²) in [7, 11) is 0. The van der Waals surface area contributed by atoms with E-state index in [0.29, 0.717) is 11.3 Å². The van der Waals surface area contributed by atoms with Gasteiger partial charge in [0, 0.05) is 42.1 Å². The van der Waals surface area contributed by atoms with Crippen LogP contribution >= 0.6 is 0 Å². The van der Waals surface area contributed by atoms with Crippen LogP contribution in [0.3, 0.4) is 0 Å². The minimum Gasteiger partial charge on any atom is -0.550 e. The van der Waals surface area contributed by atoms with Crippen molar-refractivity contribution in [2.75, 3.05) is 18.4 Å². The van der Waals surface area contributed by atoms with Gasteiger partial charge < -0.3 is 20.1 Å². The van der Waals surface area contributed by atoms with Gasteiger partial charge in [-0.3, -0.25) is 9.59 Å². The number of fused-ring (bicyclic) bond motifs is 2. The number of benzene rings is 1. The van der Waals surface area contributed by atoms with Crippen LogP contribution in [0.15, 0.2) is 24.3 Å². The van der Waals surface area contributed by atoms with E-state index in [4.69, 9.17) is 0 Å². The standard InChI is InChI=1S/C21H26N2O4/c24-19(17-14-4-5-15(12-14)18(17)21(26)27)22-16-8-6-13(7-9-16)20(25)23-10-2-1-3-11-23/h6-9,14-15,17-18H,1-5,10-12H2,(H,22,24)(H,26,27)/p-1/t14-,15-,17-,18-/m0/s1. The Morgan fingerprint density at radius 3 is 2.19 bits per heavy atom. The van der Waals surface area contributed by atoms with Gasteiger partial charge in [0.05, 0.1) is 0 Å². The molecule has 27 heavy (non-hydrogen) atoms. The maximum absolute atomic E-state index is 12.7. The molecule has 144 valence electrons. The Morgan fingerprint density at radius 2 is 1.56 bits per heavy atom. The van der Waals surface area contributed by atoms with Crippen LogP contribution in [0.1, 0.15) is 48.9 Å². The summed E-state index contributed by atoms with van der Waals surface area (Å²) < 4.78 is 0. The van der Waals surface area contributed by atoms with E-state index in [1.54, 1.807) is 24.3 Å². The van der Waals surface area contributed by atoms with Gasteiger partial charge >= 0.3 is 0 Å². The molecular formula is C21H25N2O4-. The van der Waals surface area contributed by atoms with Crippen molar-refractivity contribution < 1.29 is 19.5 Å². The topological polar surface area (TPSA) is 89.5 Å². The quantitative estimate of drug-likeness (QED) is 0.874. The number of anilines is 1. The van der Waals surface area contributed by atoms with Crippen molar-refractivity contribution in [1.29, 1.82) is 0 Å². The molecule has 0 spiro atoms. The van der Waals surface area contributed by atoms with Gasteiger partial charge in [0.25, 0.3) is 5.91 Å². The van der Waals surface area contributed by atoms with E-state index in [-0.39, 0.29) is 23.7 Å². The van der Waals surface area contributed by atoms with Crippen LogP contribution in [0, 0.1) is 23.7 Å². The smallest absolute Gasteiger partial charge is 0.253 e. The van der Waals surface area contributed by atoms with E-state index in [9.17, 15) is 19.5 Å². The summed E-state index contributed by atoms with van der Waals surface area (Å²) >= 11 is 0. The minimum atomic E-state index is -1.11. The zero-order valence-electron chi connectivity index (χ0n) is 15.4. The molecule has 6 heteroatoms. The molecule has 2 aliphatic carbocycles. The first kappa shape index (κ1) is 18.0. The summed E-state index contributed by atoms with van der Waals surface area (Å²) in [5, 5.41) is 14.3. The van der Waals surface area contributed by atoms with Gasteiger partial charge in [-0.15, -0.1) is 0 Å². The number of hydrogen-bond acceptors (Lipinski definition) is 4. The SMILES string of the molecule is O=C([O-])[C@H]1[C@H]2CC[C@@H](C2)[C@@H]1C(=O)Nc1ccc(C(=O)N2CCCCC2)cc1. The Balaban J connectivity index is 1.41. The summed E-state index contributed by atoms with van der Waals surface area (Å²) in [5.74, 6) is -2.31. The average molecular weight is 369 g/mol. The van der Waals surface area contributed by atoms with Gasteiger partial charge in [-0.2, -0.15) is 0 Å². The van der Waals surface area contributed by atoms with Gasteiger partial charge in [-0.25, -0.2) is 0 Å². The maximum Gasteiger partial charge on any atom is 0.253 e. The summed E-state index contributed by atoms with van der Waals surface area (Å²) in [6.45, 7) is 1.60. The van der Waals surface area contributed by atoms with E-state index in [0.717, 1.165) is 45.2 Å². The van der Waals surface area contributed by atoms with E-state index >= 15 is 0 Å². The van der Waals surface area contributed by atoms with Gasteiger partial charge in [0.15, 0.2) is 0 Å². The van der Waals surface area contributed by atoms with Crippen molar-refractivity contribution in [1.82, 2.24) is 4.90 Å². The van der Waals surface area contributed by atoms with Crippen LogP contribution in [-0.2, 0) is 9.59 Å². The first-order valence-corrected chi connectivity index (χ1v) is 9.95. The first-order valence-electron chi connectivity index (χ1n) is 9.95. The number of piperidine rings is 1. The highest BCUT2D eigenvalue weighted by atomic mass is 16.4. The lowest BCUT2D eigenvalue weighted by Crippen LogP contribution is -2.43. The highest BCUT2D eigenvalue weighted by molar-refractivity contribution is 5.97. The van der Waals surface area contributed by atoms with Crippen LogP contribution in [0.5, 0.6) is 0 Å². The molecule has 2 amide bonds. The van der Waals surface area contributed by atoms with Gasteiger partial charge in [0.1, 0.15) is 0 Å². The lowest BCUT2D eigenvalue weighted by Gasteiger charge is -2.30. The molecule has 4 rings (SSSR count). The molecule has 4 atom stereocenters. The second-order valence-electron chi connectivity index (χ2n) is 8.12. The monoisotopic (exact) mass is 369 g/mol. The van der Waals surface area contributed by atoms with Crippen LogP contribution in [0.4, 0.5) is 5.69 Å². The second kappa shape index (κ2) is 7.33. The Hall–Kier alpha value is -2.37. The third-order valence-electron chi connectivity index (χ3n) is 6.53. The van der Waals surface area contributed by atoms with E-state index in [1.807, 2.05) is 4.90 Å². The number of likely N-dealkylation sites (tertiary alicyclic amines) is 1. The van der Waals surface area contributed by atoms with Crippen molar-refractivity contribution in [2.24, 2.45) is 23.7 Å². The fourth-order valence-electron chi connectivity index (χ4n) is 5.21. The van der Waals surface area contributed by atoms with Gasteiger partial charge in [-0.05, 0) is 74.6 Å². The number of nitrogens with one attached hydrogen (secondary N) is 1. The molecule has 2 bridgehead atoms. The fraction of sp³-hybridized carbons (Fsp3) is 0.571. The lowest BCUT2D eigenvalue weighted by molar-refractivity contribution is -0.314. The van der Waals surface area contributed by atoms with Crippen molar-refractivity contribution in [3.63, 3.8) is 0 Å². The summed E-state index contributed by atoms with van der Waals surface area (Å²) in [4.78, 5) is 38.6. The zero-order chi connectivity index (χ0) is 19.0. The van der Waals surface area contributed by atoms with Crippen molar-refractivity contribution in [3.8, 4) is 0 Å². The lowest BCUT2D eigenvalue weighted by atomic mass is 9.78. The molecule has 2 saturated carbocycles. The molecule has 3 fully saturated rings. The molecule has 1 saturated heterocycles. The van der Waals surface area contributed by atoms with E-state index < -0.39 is 17.8 Å².